The highest BCUT2D eigenvalue weighted by molar-refractivity contribution is 8.18. The third-order valence-electron chi connectivity index (χ3n) is 5.53. The van der Waals surface area contributed by atoms with Gasteiger partial charge in [-0.2, -0.15) is 13.2 Å². The molecule has 0 bridgehead atoms. The van der Waals surface area contributed by atoms with Gasteiger partial charge in [0.2, 0.25) is 5.75 Å². The summed E-state index contributed by atoms with van der Waals surface area (Å²) in [5, 5.41) is 11.2. The van der Waals surface area contributed by atoms with Crippen molar-refractivity contribution < 1.29 is 42.0 Å². The number of hydrogen-bond donors (Lipinski definition) is 0. The molecule has 14 heteroatoms. The Kier molecular flexibility index (Phi) is 8.16. The van der Waals surface area contributed by atoms with Crippen LogP contribution in [0.1, 0.15) is 21.5 Å². The average molecular weight is 593 g/mol. The Morgan fingerprint density at radius 3 is 2.35 bits per heavy atom. The van der Waals surface area contributed by atoms with Crippen LogP contribution in [0.3, 0.4) is 0 Å². The minimum absolute atomic E-state index is 0.0306. The molecule has 0 atom stereocenters. The van der Waals surface area contributed by atoms with Gasteiger partial charge in [-0.05, 0) is 71.9 Å². The molecule has 9 nitrogen and oxygen atoms in total. The molecule has 3 aromatic rings. The summed E-state index contributed by atoms with van der Waals surface area (Å²) in [7, 11) is 1.27. The molecule has 206 valence electrons. The molecule has 0 unspecified atom stereocenters. The number of amides is 2. The normalized spacial score (nSPS) is 14.5. The molecule has 4 rings (SSSR count). The molecular weight excluding hydrogens is 577 g/mol. The van der Waals surface area contributed by atoms with Gasteiger partial charge in [-0.3, -0.25) is 29.4 Å². The summed E-state index contributed by atoms with van der Waals surface area (Å²) in [6.45, 7) is -0.467. The fourth-order valence-corrected chi connectivity index (χ4v) is 4.52. The number of ether oxygens (including phenoxy) is 2. The third-order valence-corrected chi connectivity index (χ3v) is 6.69. The summed E-state index contributed by atoms with van der Waals surface area (Å²) >= 11 is 6.45. The van der Waals surface area contributed by atoms with E-state index < -0.39 is 51.6 Å². The number of imide groups is 1. The van der Waals surface area contributed by atoms with Crippen LogP contribution in [-0.2, 0) is 11.0 Å². The second-order valence-electron chi connectivity index (χ2n) is 8.15. The van der Waals surface area contributed by atoms with Crippen LogP contribution in [0.4, 0.5) is 23.7 Å². The molecule has 1 heterocycles. The second kappa shape index (κ2) is 11.4. The lowest BCUT2D eigenvalue weighted by atomic mass is 10.1. The van der Waals surface area contributed by atoms with Crippen molar-refractivity contribution in [2.45, 2.75) is 6.18 Å². The number of nitro groups is 1. The van der Waals surface area contributed by atoms with Gasteiger partial charge in [0.1, 0.15) is 0 Å². The van der Waals surface area contributed by atoms with E-state index in [9.17, 15) is 37.7 Å². The van der Waals surface area contributed by atoms with E-state index in [4.69, 9.17) is 21.1 Å². The smallest absolute Gasteiger partial charge is 0.416 e. The highest BCUT2D eigenvalue weighted by atomic mass is 35.5. The molecule has 1 aliphatic heterocycles. The maximum Gasteiger partial charge on any atom is 0.416 e. The number of halogens is 4. The van der Waals surface area contributed by atoms with E-state index in [1.54, 1.807) is 0 Å². The molecule has 1 aliphatic rings. The first-order valence-corrected chi connectivity index (χ1v) is 12.3. The van der Waals surface area contributed by atoms with Crippen LogP contribution < -0.4 is 9.47 Å². The molecule has 0 spiro atoms. The number of carbonyl (C=O) groups is 3. The summed E-state index contributed by atoms with van der Waals surface area (Å²) in [5.41, 5.74) is -1.46. The molecule has 0 aliphatic carbocycles. The number of methoxy groups -OCH3 is 1. The van der Waals surface area contributed by atoms with Gasteiger partial charge in [0.25, 0.3) is 11.1 Å². The first-order chi connectivity index (χ1) is 18.9. The number of nitro benzene ring substituents is 1. The van der Waals surface area contributed by atoms with Crippen LogP contribution >= 0.6 is 23.4 Å². The molecule has 1 fully saturated rings. The minimum atomic E-state index is -4.79. The van der Waals surface area contributed by atoms with E-state index in [0.29, 0.717) is 34.5 Å². The van der Waals surface area contributed by atoms with Crippen molar-refractivity contribution >= 4 is 52.1 Å². The van der Waals surface area contributed by atoms with Crippen molar-refractivity contribution in [3.63, 3.8) is 0 Å². The Labute approximate surface area is 233 Å². The van der Waals surface area contributed by atoms with E-state index >= 15 is 0 Å². The quantitative estimate of drug-likeness (QED) is 0.119. The molecular formula is C26H16ClF3N2O7S. The Morgan fingerprint density at radius 2 is 1.73 bits per heavy atom. The molecule has 40 heavy (non-hydrogen) atoms. The first-order valence-electron chi connectivity index (χ1n) is 11.1. The predicted octanol–water partition coefficient (Wildman–Crippen LogP) is 6.99. The Bertz CT molecular complexity index is 1560. The maximum absolute atomic E-state index is 13.0. The topological polar surface area (TPSA) is 116 Å². The zero-order chi connectivity index (χ0) is 29.2. The maximum atomic E-state index is 13.0. The highest BCUT2D eigenvalue weighted by Crippen LogP contribution is 2.41. The number of alkyl halides is 3. The number of thioether (sulfide) groups is 1. The van der Waals surface area contributed by atoms with E-state index in [1.165, 1.54) is 55.7 Å². The van der Waals surface area contributed by atoms with Gasteiger partial charge in [-0.25, -0.2) is 0 Å². The SMILES string of the molecule is COc1cc(/C=C2/SC(=O)N(CC(=O)c3ccc(Cl)cc3)C2=O)ccc1Oc1ccc(C(F)(F)F)cc1[N+](=O)[O-]. The summed E-state index contributed by atoms with van der Waals surface area (Å²) < 4.78 is 49.7. The second-order valence-corrected chi connectivity index (χ2v) is 9.58. The Morgan fingerprint density at radius 1 is 1.05 bits per heavy atom. The van der Waals surface area contributed by atoms with Crippen molar-refractivity contribution in [1.29, 1.82) is 0 Å². The lowest BCUT2D eigenvalue weighted by Crippen LogP contribution is -2.33. The van der Waals surface area contributed by atoms with Crippen molar-refractivity contribution in [2.75, 3.05) is 13.7 Å². The monoisotopic (exact) mass is 592 g/mol. The van der Waals surface area contributed by atoms with Gasteiger partial charge in [0, 0.05) is 16.7 Å². The molecule has 3 aromatic carbocycles. The van der Waals surface area contributed by atoms with Gasteiger partial charge in [-0.1, -0.05) is 17.7 Å². The fourth-order valence-electron chi connectivity index (χ4n) is 3.56. The predicted molar refractivity (Wildman–Crippen MR) is 140 cm³/mol. The van der Waals surface area contributed by atoms with Crippen LogP contribution in [0.25, 0.3) is 6.08 Å². The molecule has 0 saturated carbocycles. The van der Waals surface area contributed by atoms with Gasteiger partial charge < -0.3 is 9.47 Å². The van der Waals surface area contributed by atoms with Gasteiger partial charge in [0.05, 0.1) is 29.0 Å². The number of hydrogen-bond acceptors (Lipinski definition) is 8. The molecule has 0 N–H and O–H groups in total. The largest absolute Gasteiger partial charge is 0.493 e. The molecule has 0 aromatic heterocycles. The number of rotatable bonds is 8. The summed E-state index contributed by atoms with van der Waals surface area (Å²) in [4.78, 5) is 49.0. The Hall–Kier alpha value is -4.36. The summed E-state index contributed by atoms with van der Waals surface area (Å²) in [6, 6.07) is 12.0. The van der Waals surface area contributed by atoms with Crippen molar-refractivity contribution in [3.8, 4) is 17.2 Å². The average Bonchev–Trinajstić information content (AvgIpc) is 3.16. The van der Waals surface area contributed by atoms with Gasteiger partial charge in [0.15, 0.2) is 17.3 Å². The lowest BCUT2D eigenvalue weighted by molar-refractivity contribution is -0.385. The number of carbonyl (C=O) groups excluding carboxylic acids is 3. The molecule has 2 amide bonds. The standard InChI is InChI=1S/C26H16ClF3N2O7S/c1-38-22-10-14(2-8-21(22)39-20-9-5-16(26(28,29)30)12-18(20)32(36)37)11-23-24(34)31(25(35)40-23)13-19(33)15-3-6-17(27)7-4-15/h2-12H,13H2,1H3/b23-11+. The van der Waals surface area contributed by atoms with E-state index in [0.717, 1.165) is 11.0 Å². The molecule has 0 radical (unpaired) electrons. The van der Waals surface area contributed by atoms with Crippen molar-refractivity contribution in [2.24, 2.45) is 0 Å². The van der Waals surface area contributed by atoms with Crippen LogP contribution in [0.2, 0.25) is 5.02 Å². The third kappa shape index (κ3) is 6.26. The number of benzene rings is 3. The van der Waals surface area contributed by atoms with Crippen LogP contribution in [0.15, 0.2) is 65.6 Å². The molecule has 1 saturated heterocycles. The van der Waals surface area contributed by atoms with Crippen LogP contribution in [0.5, 0.6) is 17.2 Å². The lowest BCUT2D eigenvalue weighted by Gasteiger charge is -2.13. The van der Waals surface area contributed by atoms with Crippen molar-refractivity contribution in [3.05, 3.63) is 97.4 Å². The summed E-state index contributed by atoms with van der Waals surface area (Å²) in [5.74, 6) is -1.60. The number of Topliss-reactive ketones (excluding diaryl/α,β-unsaturated/α-hetero) is 1. The number of ketones is 1. The van der Waals surface area contributed by atoms with Gasteiger partial charge >= 0.3 is 11.9 Å². The summed E-state index contributed by atoms with van der Waals surface area (Å²) in [6.07, 6.45) is -3.41. The highest BCUT2D eigenvalue weighted by Gasteiger charge is 2.37. The first kappa shape index (κ1) is 28.6. The Balaban J connectivity index is 1.55. The van der Waals surface area contributed by atoms with Crippen LogP contribution in [-0.4, -0.2) is 40.4 Å². The van der Waals surface area contributed by atoms with E-state index in [-0.39, 0.29) is 22.0 Å². The van der Waals surface area contributed by atoms with Crippen molar-refractivity contribution in [1.82, 2.24) is 4.90 Å². The number of nitrogens with zero attached hydrogens (tertiary/aromatic N) is 2. The zero-order valence-electron chi connectivity index (χ0n) is 20.2. The van der Waals surface area contributed by atoms with Gasteiger partial charge in [-0.15, -0.1) is 0 Å². The van der Waals surface area contributed by atoms with E-state index in [2.05, 4.69) is 0 Å². The van der Waals surface area contributed by atoms with Crippen LogP contribution in [0, 0.1) is 10.1 Å². The minimum Gasteiger partial charge on any atom is -0.493 e. The zero-order valence-corrected chi connectivity index (χ0v) is 21.8. The van der Waals surface area contributed by atoms with E-state index in [1.807, 2.05) is 0 Å². The fraction of sp³-hybridized carbons (Fsp3) is 0.115.